The van der Waals surface area contributed by atoms with Crippen molar-refractivity contribution in [3.63, 3.8) is 0 Å². The van der Waals surface area contributed by atoms with Gasteiger partial charge in [-0.2, -0.15) is 0 Å². The maximum atomic E-state index is 11.3. The van der Waals surface area contributed by atoms with Crippen molar-refractivity contribution < 1.29 is 9.63 Å². The van der Waals surface area contributed by atoms with Crippen LogP contribution in [0.2, 0.25) is 0 Å². The molecular formula is C7H14N2O2. The van der Waals surface area contributed by atoms with Crippen molar-refractivity contribution in [1.29, 1.82) is 0 Å². The summed E-state index contributed by atoms with van der Waals surface area (Å²) in [4.78, 5) is 16.1. The molecule has 1 fully saturated rings. The van der Waals surface area contributed by atoms with Crippen LogP contribution >= 0.6 is 0 Å². The van der Waals surface area contributed by atoms with Crippen molar-refractivity contribution in [2.45, 2.75) is 18.9 Å². The molecule has 0 radical (unpaired) electrons. The molecule has 0 spiro atoms. The topological polar surface area (TPSA) is 41.6 Å². The summed E-state index contributed by atoms with van der Waals surface area (Å²) in [5, 5.41) is 4.37. The van der Waals surface area contributed by atoms with Crippen LogP contribution in [0.1, 0.15) is 12.8 Å². The second-order valence-electron chi connectivity index (χ2n) is 2.67. The van der Waals surface area contributed by atoms with Gasteiger partial charge in [0.25, 0.3) is 5.91 Å². The number of hydrogen-bond donors (Lipinski definition) is 1. The fraction of sp³-hybridized carbons (Fsp3) is 0.857. The molecule has 64 valence electrons. The lowest BCUT2D eigenvalue weighted by Crippen LogP contribution is -2.40. The van der Waals surface area contributed by atoms with Crippen LogP contribution in [0.4, 0.5) is 0 Å². The number of carbonyl (C=O) groups is 1. The molecule has 11 heavy (non-hydrogen) atoms. The maximum Gasteiger partial charge on any atom is 0.262 e. The molecule has 1 aliphatic heterocycles. The van der Waals surface area contributed by atoms with Gasteiger partial charge in [-0.1, -0.05) is 0 Å². The molecule has 1 atom stereocenters. The summed E-state index contributed by atoms with van der Waals surface area (Å²) in [5.74, 6) is 0.0185. The monoisotopic (exact) mass is 158 g/mol. The van der Waals surface area contributed by atoms with Crippen molar-refractivity contribution >= 4 is 5.91 Å². The Morgan fingerprint density at radius 1 is 1.73 bits per heavy atom. The minimum atomic E-state index is -0.0278. The number of carbonyl (C=O) groups excluding carboxylic acids is 1. The Morgan fingerprint density at radius 2 is 2.45 bits per heavy atom. The summed E-state index contributed by atoms with van der Waals surface area (Å²) in [6.07, 6.45) is 2.00. The number of amides is 1. The van der Waals surface area contributed by atoms with Crippen LogP contribution in [0.15, 0.2) is 0 Å². The maximum absolute atomic E-state index is 11.3. The molecule has 1 heterocycles. The van der Waals surface area contributed by atoms with E-state index >= 15 is 0 Å². The third-order valence-corrected chi connectivity index (χ3v) is 1.94. The molecule has 1 N–H and O–H groups in total. The highest BCUT2D eigenvalue weighted by Crippen LogP contribution is 2.07. The van der Waals surface area contributed by atoms with E-state index in [2.05, 4.69) is 5.32 Å². The Balaban J connectivity index is 2.39. The lowest BCUT2D eigenvalue weighted by atomic mass is 10.2. The lowest BCUT2D eigenvalue weighted by Gasteiger charge is -2.17. The average Bonchev–Trinajstić information content (AvgIpc) is 2.53. The molecule has 0 aromatic carbocycles. The van der Waals surface area contributed by atoms with Crippen molar-refractivity contribution in [3.8, 4) is 0 Å². The van der Waals surface area contributed by atoms with E-state index in [1.807, 2.05) is 0 Å². The Hall–Kier alpha value is -0.610. The first-order valence-electron chi connectivity index (χ1n) is 3.80. The second kappa shape index (κ2) is 3.69. The summed E-state index contributed by atoms with van der Waals surface area (Å²) < 4.78 is 0. The minimum absolute atomic E-state index is 0.0185. The Labute approximate surface area is 66.5 Å². The van der Waals surface area contributed by atoms with E-state index in [0.29, 0.717) is 0 Å². The first-order valence-corrected chi connectivity index (χ1v) is 3.80. The van der Waals surface area contributed by atoms with Crippen LogP contribution in [-0.2, 0) is 9.63 Å². The summed E-state index contributed by atoms with van der Waals surface area (Å²) in [5.41, 5.74) is 0. The fourth-order valence-corrected chi connectivity index (χ4v) is 1.20. The highest BCUT2D eigenvalue weighted by molar-refractivity contribution is 5.80. The number of nitrogens with one attached hydrogen (secondary N) is 1. The number of hydrogen-bond acceptors (Lipinski definition) is 3. The zero-order valence-corrected chi connectivity index (χ0v) is 6.96. The van der Waals surface area contributed by atoms with Gasteiger partial charge in [0.1, 0.15) is 0 Å². The van der Waals surface area contributed by atoms with E-state index in [0.717, 1.165) is 19.4 Å². The van der Waals surface area contributed by atoms with E-state index in [4.69, 9.17) is 4.84 Å². The molecule has 0 aliphatic carbocycles. The van der Waals surface area contributed by atoms with E-state index in [-0.39, 0.29) is 11.9 Å². The van der Waals surface area contributed by atoms with Crippen LogP contribution in [0, 0.1) is 0 Å². The predicted octanol–water partition coefficient (Wildman–Crippen LogP) is -0.242. The summed E-state index contributed by atoms with van der Waals surface area (Å²) >= 11 is 0. The predicted molar refractivity (Wildman–Crippen MR) is 40.8 cm³/mol. The van der Waals surface area contributed by atoms with Crippen LogP contribution in [0.3, 0.4) is 0 Å². The standard InChI is InChI=1S/C7H14N2O2/c1-9(11-2)7(10)6-4-3-5-8-6/h6,8H,3-5H2,1-2H3. The quantitative estimate of drug-likeness (QED) is 0.564. The van der Waals surface area contributed by atoms with Gasteiger partial charge in [-0.25, -0.2) is 5.06 Å². The zero-order valence-electron chi connectivity index (χ0n) is 6.96. The molecule has 0 aromatic rings. The van der Waals surface area contributed by atoms with Gasteiger partial charge in [0.2, 0.25) is 0 Å². The van der Waals surface area contributed by atoms with Crippen molar-refractivity contribution in [2.24, 2.45) is 0 Å². The van der Waals surface area contributed by atoms with Crippen molar-refractivity contribution in [3.05, 3.63) is 0 Å². The molecule has 1 rings (SSSR count). The zero-order chi connectivity index (χ0) is 8.27. The Kier molecular flexibility index (Phi) is 2.84. The molecule has 4 heteroatoms. The number of rotatable bonds is 2. The summed E-state index contributed by atoms with van der Waals surface area (Å²) in [6.45, 7) is 0.938. The summed E-state index contributed by atoms with van der Waals surface area (Å²) in [7, 11) is 3.12. The highest BCUT2D eigenvalue weighted by Gasteiger charge is 2.24. The van der Waals surface area contributed by atoms with Crippen LogP contribution in [0.5, 0.6) is 0 Å². The van der Waals surface area contributed by atoms with Gasteiger partial charge in [0, 0.05) is 7.05 Å². The first-order chi connectivity index (χ1) is 5.25. The average molecular weight is 158 g/mol. The van der Waals surface area contributed by atoms with Gasteiger partial charge in [-0.05, 0) is 19.4 Å². The van der Waals surface area contributed by atoms with E-state index in [1.54, 1.807) is 7.05 Å². The number of hydroxylamine groups is 2. The first kappa shape index (κ1) is 8.49. The van der Waals surface area contributed by atoms with E-state index in [1.165, 1.54) is 12.2 Å². The minimum Gasteiger partial charge on any atom is -0.306 e. The van der Waals surface area contributed by atoms with E-state index < -0.39 is 0 Å². The largest absolute Gasteiger partial charge is 0.306 e. The molecule has 0 bridgehead atoms. The summed E-state index contributed by atoms with van der Waals surface area (Å²) in [6, 6.07) is -0.0278. The molecule has 1 unspecified atom stereocenters. The van der Waals surface area contributed by atoms with Gasteiger partial charge in [0.15, 0.2) is 0 Å². The molecule has 1 aliphatic rings. The normalized spacial score (nSPS) is 23.6. The molecular weight excluding hydrogens is 144 g/mol. The van der Waals surface area contributed by atoms with E-state index in [9.17, 15) is 4.79 Å². The number of nitrogens with zero attached hydrogens (tertiary/aromatic N) is 1. The second-order valence-corrected chi connectivity index (χ2v) is 2.67. The van der Waals surface area contributed by atoms with Crippen LogP contribution in [0.25, 0.3) is 0 Å². The highest BCUT2D eigenvalue weighted by atomic mass is 16.7. The van der Waals surface area contributed by atoms with Gasteiger partial charge in [0.05, 0.1) is 13.2 Å². The molecule has 4 nitrogen and oxygen atoms in total. The molecule has 1 amide bonds. The van der Waals surface area contributed by atoms with Gasteiger partial charge in [-0.3, -0.25) is 9.63 Å². The Morgan fingerprint density at radius 3 is 2.91 bits per heavy atom. The van der Waals surface area contributed by atoms with Gasteiger partial charge < -0.3 is 5.32 Å². The third-order valence-electron chi connectivity index (χ3n) is 1.94. The van der Waals surface area contributed by atoms with Gasteiger partial charge in [-0.15, -0.1) is 0 Å². The van der Waals surface area contributed by atoms with Gasteiger partial charge >= 0.3 is 0 Å². The van der Waals surface area contributed by atoms with Crippen molar-refractivity contribution in [1.82, 2.24) is 10.4 Å². The van der Waals surface area contributed by atoms with Crippen LogP contribution < -0.4 is 5.32 Å². The van der Waals surface area contributed by atoms with Crippen LogP contribution in [-0.4, -0.2) is 37.7 Å². The Bertz CT molecular complexity index is 143. The van der Waals surface area contributed by atoms with Crippen molar-refractivity contribution in [2.75, 3.05) is 20.7 Å². The third kappa shape index (κ3) is 1.91. The SMILES string of the molecule is CON(C)C(=O)C1CCCN1. The number of likely N-dealkylation sites (N-methyl/N-ethyl adjacent to an activating group) is 1. The lowest BCUT2D eigenvalue weighted by molar-refractivity contribution is -0.170. The molecule has 0 aromatic heterocycles. The molecule has 0 saturated carbocycles. The fourth-order valence-electron chi connectivity index (χ4n) is 1.20. The molecule has 1 saturated heterocycles. The smallest absolute Gasteiger partial charge is 0.262 e.